The molecule has 0 saturated carbocycles. The van der Waals surface area contributed by atoms with Crippen molar-refractivity contribution in [2.45, 2.75) is 24.5 Å². The maximum absolute atomic E-state index is 13.1. The Kier molecular flexibility index (Phi) is 9.00. The molecule has 0 radical (unpaired) electrons. The van der Waals surface area contributed by atoms with Crippen molar-refractivity contribution in [3.05, 3.63) is 92.4 Å². The van der Waals surface area contributed by atoms with E-state index < -0.39 is 16.0 Å². The molecule has 11 heteroatoms. The Labute approximate surface area is 231 Å². The van der Waals surface area contributed by atoms with E-state index in [0.29, 0.717) is 47.6 Å². The quantitative estimate of drug-likeness (QED) is 0.365. The summed E-state index contributed by atoms with van der Waals surface area (Å²) in [6, 6.07) is 17.1. The largest absolute Gasteiger partial charge is 0.489 e. The molecule has 0 atom stereocenters. The van der Waals surface area contributed by atoms with Crippen LogP contribution in [0.4, 0.5) is 0 Å². The van der Waals surface area contributed by atoms with Gasteiger partial charge >= 0.3 is 5.97 Å². The Balaban J connectivity index is 1.46. The number of carboxylic acid groups (broad SMARTS) is 1. The lowest BCUT2D eigenvalue weighted by Gasteiger charge is -2.34. The number of ether oxygens (including phenoxy) is 1. The number of aliphatic carboxylic acids is 1. The van der Waals surface area contributed by atoms with Crippen molar-refractivity contribution < 1.29 is 23.1 Å². The van der Waals surface area contributed by atoms with E-state index in [0.717, 1.165) is 11.1 Å². The maximum atomic E-state index is 13.1. The number of hydrogen-bond donors (Lipinski definition) is 1. The standard InChI is InChI=1S/C26H25Cl3N2O5S/c27-21-4-1-18(2-5-21)17-36-24-7-3-19(14-26(32)33)13-20(24)16-30-9-11-31(12-10-30)37(34,35)25-8-6-22(28)15-23(25)29/h1-8,13,15H,9-12,14,16-17H2,(H,32,33). The normalized spacial score (nSPS) is 15.0. The molecule has 4 rings (SSSR count). The van der Waals surface area contributed by atoms with Gasteiger partial charge in [0.25, 0.3) is 0 Å². The predicted molar refractivity (Wildman–Crippen MR) is 144 cm³/mol. The summed E-state index contributed by atoms with van der Waals surface area (Å²) in [6.45, 7) is 2.37. The van der Waals surface area contributed by atoms with E-state index >= 15 is 0 Å². The van der Waals surface area contributed by atoms with Gasteiger partial charge in [-0.2, -0.15) is 4.31 Å². The summed E-state index contributed by atoms with van der Waals surface area (Å²) in [4.78, 5) is 13.4. The Morgan fingerprint density at radius 1 is 0.865 bits per heavy atom. The van der Waals surface area contributed by atoms with Crippen LogP contribution in [0.5, 0.6) is 5.75 Å². The molecule has 3 aromatic rings. The molecular formula is C26H25Cl3N2O5S. The van der Waals surface area contributed by atoms with Gasteiger partial charge in [0.05, 0.1) is 11.4 Å². The van der Waals surface area contributed by atoms with Gasteiger partial charge in [0.1, 0.15) is 17.3 Å². The van der Waals surface area contributed by atoms with E-state index in [2.05, 4.69) is 4.90 Å². The van der Waals surface area contributed by atoms with Crippen LogP contribution in [-0.4, -0.2) is 54.9 Å². The predicted octanol–water partition coefficient (Wildman–Crippen LogP) is 5.36. The number of nitrogens with zero attached hydrogens (tertiary/aromatic N) is 2. The Bertz CT molecular complexity index is 1380. The molecule has 196 valence electrons. The summed E-state index contributed by atoms with van der Waals surface area (Å²) in [6.07, 6.45) is -0.0989. The van der Waals surface area contributed by atoms with Crippen molar-refractivity contribution in [2.75, 3.05) is 26.2 Å². The molecule has 0 amide bonds. The molecule has 0 aromatic heterocycles. The molecule has 1 N–H and O–H groups in total. The van der Waals surface area contributed by atoms with Gasteiger partial charge in [-0.05, 0) is 47.5 Å². The van der Waals surface area contributed by atoms with E-state index in [9.17, 15) is 18.3 Å². The van der Waals surface area contributed by atoms with Crippen LogP contribution in [0.15, 0.2) is 65.6 Å². The van der Waals surface area contributed by atoms with Crippen molar-refractivity contribution in [3.63, 3.8) is 0 Å². The third kappa shape index (κ3) is 7.16. The fraction of sp³-hybridized carbons (Fsp3) is 0.269. The summed E-state index contributed by atoms with van der Waals surface area (Å²) < 4.78 is 33.7. The molecule has 37 heavy (non-hydrogen) atoms. The summed E-state index contributed by atoms with van der Waals surface area (Å²) in [7, 11) is -3.76. The van der Waals surface area contributed by atoms with E-state index in [1.165, 1.54) is 22.5 Å². The zero-order valence-corrected chi connectivity index (χ0v) is 22.8. The van der Waals surface area contributed by atoms with E-state index in [1.807, 2.05) is 18.2 Å². The lowest BCUT2D eigenvalue weighted by atomic mass is 10.1. The Hall–Kier alpha value is -2.33. The van der Waals surface area contributed by atoms with Crippen LogP contribution in [0.2, 0.25) is 15.1 Å². The van der Waals surface area contributed by atoms with E-state index in [1.54, 1.807) is 24.3 Å². The SMILES string of the molecule is O=C(O)Cc1ccc(OCc2ccc(Cl)cc2)c(CN2CCN(S(=O)(=O)c3ccc(Cl)cc3Cl)CC2)c1. The van der Waals surface area contributed by atoms with Crippen LogP contribution in [0, 0.1) is 0 Å². The lowest BCUT2D eigenvalue weighted by molar-refractivity contribution is -0.136. The molecule has 1 saturated heterocycles. The minimum atomic E-state index is -3.76. The van der Waals surface area contributed by atoms with Gasteiger partial charge in [-0.3, -0.25) is 9.69 Å². The number of carbonyl (C=O) groups is 1. The van der Waals surface area contributed by atoms with Crippen molar-refractivity contribution in [1.29, 1.82) is 0 Å². The number of hydrogen-bond acceptors (Lipinski definition) is 5. The van der Waals surface area contributed by atoms with Crippen molar-refractivity contribution in [3.8, 4) is 5.75 Å². The van der Waals surface area contributed by atoms with Gasteiger partial charge in [0, 0.05) is 48.3 Å². The van der Waals surface area contributed by atoms with Crippen LogP contribution >= 0.6 is 34.8 Å². The second kappa shape index (κ2) is 12.0. The number of sulfonamides is 1. The van der Waals surface area contributed by atoms with Gasteiger partial charge in [0.15, 0.2) is 0 Å². The van der Waals surface area contributed by atoms with Crippen LogP contribution in [0.1, 0.15) is 16.7 Å². The number of halogens is 3. The van der Waals surface area contributed by atoms with Crippen LogP contribution in [0.3, 0.4) is 0 Å². The van der Waals surface area contributed by atoms with Crippen LogP contribution in [-0.2, 0) is 34.4 Å². The van der Waals surface area contributed by atoms with Crippen molar-refractivity contribution in [1.82, 2.24) is 9.21 Å². The molecular weight excluding hydrogens is 559 g/mol. The molecule has 1 fully saturated rings. The summed E-state index contributed by atoms with van der Waals surface area (Å²) in [5.41, 5.74) is 2.45. The minimum Gasteiger partial charge on any atom is -0.489 e. The summed E-state index contributed by atoms with van der Waals surface area (Å²) in [5, 5.41) is 10.3. The molecule has 7 nitrogen and oxygen atoms in total. The molecule has 0 unspecified atom stereocenters. The number of rotatable bonds is 9. The molecule has 1 heterocycles. The van der Waals surface area contributed by atoms with Crippen LogP contribution in [0.25, 0.3) is 0 Å². The zero-order valence-electron chi connectivity index (χ0n) is 19.7. The highest BCUT2D eigenvalue weighted by Crippen LogP contribution is 2.29. The fourth-order valence-electron chi connectivity index (χ4n) is 4.12. The highest BCUT2D eigenvalue weighted by molar-refractivity contribution is 7.89. The maximum Gasteiger partial charge on any atom is 0.307 e. The molecule has 1 aliphatic rings. The fourth-order valence-corrected chi connectivity index (χ4v) is 6.41. The first-order valence-electron chi connectivity index (χ1n) is 11.5. The smallest absolute Gasteiger partial charge is 0.307 e. The first kappa shape index (κ1) is 27.7. The van der Waals surface area contributed by atoms with E-state index in [-0.39, 0.29) is 29.4 Å². The van der Waals surface area contributed by atoms with Crippen LogP contribution < -0.4 is 4.74 Å². The highest BCUT2D eigenvalue weighted by atomic mass is 35.5. The minimum absolute atomic E-state index is 0.0336. The second-order valence-electron chi connectivity index (χ2n) is 8.68. The van der Waals surface area contributed by atoms with Gasteiger partial charge in [-0.25, -0.2) is 8.42 Å². The van der Waals surface area contributed by atoms with E-state index in [4.69, 9.17) is 39.5 Å². The average molecular weight is 584 g/mol. The zero-order chi connectivity index (χ0) is 26.6. The second-order valence-corrected chi connectivity index (χ2v) is 11.9. The van der Waals surface area contributed by atoms with Crippen molar-refractivity contribution in [2.24, 2.45) is 0 Å². The first-order valence-corrected chi connectivity index (χ1v) is 14.1. The number of piperazine rings is 1. The average Bonchev–Trinajstić information content (AvgIpc) is 2.84. The van der Waals surface area contributed by atoms with Gasteiger partial charge in [-0.15, -0.1) is 0 Å². The number of benzene rings is 3. The van der Waals surface area contributed by atoms with Gasteiger partial charge in [-0.1, -0.05) is 59.1 Å². The first-order chi connectivity index (χ1) is 17.6. The van der Waals surface area contributed by atoms with Gasteiger partial charge in [0.2, 0.25) is 10.0 Å². The number of carboxylic acids is 1. The molecule has 3 aromatic carbocycles. The molecule has 0 spiro atoms. The Morgan fingerprint density at radius 2 is 1.51 bits per heavy atom. The summed E-state index contributed by atoms with van der Waals surface area (Å²) >= 11 is 18.0. The highest BCUT2D eigenvalue weighted by Gasteiger charge is 2.30. The summed E-state index contributed by atoms with van der Waals surface area (Å²) in [5.74, 6) is -0.271. The molecule has 1 aliphatic heterocycles. The molecule has 0 aliphatic carbocycles. The third-order valence-electron chi connectivity index (χ3n) is 6.02. The van der Waals surface area contributed by atoms with Gasteiger partial charge < -0.3 is 9.84 Å². The molecule has 0 bridgehead atoms. The topological polar surface area (TPSA) is 87.2 Å². The van der Waals surface area contributed by atoms with Crippen molar-refractivity contribution >= 4 is 50.8 Å². The Morgan fingerprint density at radius 3 is 2.16 bits per heavy atom. The lowest BCUT2D eigenvalue weighted by Crippen LogP contribution is -2.48. The monoisotopic (exact) mass is 582 g/mol. The third-order valence-corrected chi connectivity index (χ3v) is 8.89.